The Morgan fingerprint density at radius 3 is 2.18 bits per heavy atom. The maximum atomic E-state index is 13.3. The van der Waals surface area contributed by atoms with E-state index in [9.17, 15) is 22.4 Å². The Balaban J connectivity index is 1.74. The van der Waals surface area contributed by atoms with Gasteiger partial charge < -0.3 is 14.5 Å². The van der Waals surface area contributed by atoms with E-state index in [1.807, 2.05) is 0 Å². The SMILES string of the molecule is COc1ccc(C(=O)N2CCN(C(=O)c3ccc(F)cc3Cl)CC2)cc1S(=O)(=O)NC(C)C. The van der Waals surface area contributed by atoms with E-state index in [0.717, 1.165) is 6.07 Å². The molecule has 1 N–H and O–H groups in total. The highest BCUT2D eigenvalue weighted by Gasteiger charge is 2.28. The quantitative estimate of drug-likeness (QED) is 0.662. The molecule has 1 aliphatic rings. The molecule has 2 aromatic rings. The number of hydrogen-bond donors (Lipinski definition) is 1. The van der Waals surface area contributed by atoms with Gasteiger partial charge in [-0.05, 0) is 50.2 Å². The summed E-state index contributed by atoms with van der Waals surface area (Å²) >= 11 is 5.99. The summed E-state index contributed by atoms with van der Waals surface area (Å²) in [5.74, 6) is -1.10. The third-order valence-electron chi connectivity index (χ3n) is 5.11. The standard InChI is InChI=1S/C22H25ClFN3O5S/c1-14(2)25-33(30,31)20-12-15(4-7-19(20)32-3)21(28)26-8-10-27(11-9-26)22(29)17-6-5-16(24)13-18(17)23/h4-7,12-14,25H,8-11H2,1-3H3. The minimum atomic E-state index is -3.88. The average molecular weight is 498 g/mol. The highest BCUT2D eigenvalue weighted by atomic mass is 35.5. The lowest BCUT2D eigenvalue weighted by Crippen LogP contribution is -2.50. The minimum Gasteiger partial charge on any atom is -0.495 e. The van der Waals surface area contributed by atoms with Crippen molar-refractivity contribution in [3.05, 3.63) is 58.4 Å². The number of methoxy groups -OCH3 is 1. The number of nitrogens with one attached hydrogen (secondary N) is 1. The molecule has 3 rings (SSSR count). The predicted octanol–water partition coefficient (Wildman–Crippen LogP) is 2.77. The Bertz CT molecular complexity index is 1160. The van der Waals surface area contributed by atoms with E-state index >= 15 is 0 Å². The van der Waals surface area contributed by atoms with Gasteiger partial charge in [0.15, 0.2) is 0 Å². The lowest BCUT2D eigenvalue weighted by molar-refractivity contribution is 0.0535. The van der Waals surface area contributed by atoms with Crippen LogP contribution in [0.25, 0.3) is 0 Å². The minimum absolute atomic E-state index is 0.0282. The Hall–Kier alpha value is -2.69. The molecular formula is C22H25ClFN3O5S. The van der Waals surface area contributed by atoms with E-state index in [-0.39, 0.29) is 70.8 Å². The van der Waals surface area contributed by atoms with Crippen molar-refractivity contribution in [2.24, 2.45) is 0 Å². The molecule has 0 unspecified atom stereocenters. The summed E-state index contributed by atoms with van der Waals surface area (Å²) in [6.07, 6.45) is 0. The first-order chi connectivity index (χ1) is 15.5. The van der Waals surface area contributed by atoms with E-state index in [4.69, 9.17) is 16.3 Å². The number of halogens is 2. The lowest BCUT2D eigenvalue weighted by Gasteiger charge is -2.35. The molecule has 33 heavy (non-hydrogen) atoms. The van der Waals surface area contributed by atoms with Gasteiger partial charge in [-0.25, -0.2) is 17.5 Å². The molecule has 1 fully saturated rings. The Labute approximate surface area is 197 Å². The topological polar surface area (TPSA) is 96.0 Å². The normalized spacial score (nSPS) is 14.5. The highest BCUT2D eigenvalue weighted by Crippen LogP contribution is 2.26. The van der Waals surface area contributed by atoms with Crippen LogP contribution < -0.4 is 9.46 Å². The molecule has 0 spiro atoms. The predicted molar refractivity (Wildman–Crippen MR) is 122 cm³/mol. The van der Waals surface area contributed by atoms with Crippen molar-refractivity contribution in [2.75, 3.05) is 33.3 Å². The van der Waals surface area contributed by atoms with Crippen molar-refractivity contribution in [3.8, 4) is 5.75 Å². The van der Waals surface area contributed by atoms with Crippen LogP contribution in [-0.4, -0.2) is 69.4 Å². The molecule has 1 aliphatic heterocycles. The largest absolute Gasteiger partial charge is 0.495 e. The Kier molecular flexibility index (Phi) is 7.61. The van der Waals surface area contributed by atoms with E-state index in [0.29, 0.717) is 0 Å². The molecule has 0 saturated carbocycles. The maximum absolute atomic E-state index is 13.3. The van der Waals surface area contributed by atoms with Crippen LogP contribution in [0.15, 0.2) is 41.3 Å². The monoisotopic (exact) mass is 497 g/mol. The van der Waals surface area contributed by atoms with Crippen LogP contribution in [0.5, 0.6) is 5.75 Å². The first kappa shape index (κ1) is 24.9. The zero-order valence-electron chi connectivity index (χ0n) is 18.5. The van der Waals surface area contributed by atoms with Gasteiger partial charge in [0.1, 0.15) is 16.5 Å². The first-order valence-electron chi connectivity index (χ1n) is 10.3. The van der Waals surface area contributed by atoms with Crippen molar-refractivity contribution < 1.29 is 27.1 Å². The molecule has 2 amide bonds. The molecule has 0 aliphatic carbocycles. The van der Waals surface area contributed by atoms with Gasteiger partial charge in [-0.15, -0.1) is 0 Å². The number of nitrogens with zero attached hydrogens (tertiary/aromatic N) is 2. The molecule has 1 heterocycles. The average Bonchev–Trinajstić information content (AvgIpc) is 2.77. The van der Waals surface area contributed by atoms with Gasteiger partial charge in [-0.3, -0.25) is 9.59 Å². The van der Waals surface area contributed by atoms with Crippen molar-refractivity contribution >= 4 is 33.4 Å². The first-order valence-corrected chi connectivity index (χ1v) is 12.1. The zero-order valence-corrected chi connectivity index (χ0v) is 20.0. The summed E-state index contributed by atoms with van der Waals surface area (Å²) in [6, 6.07) is 7.49. The molecule has 2 aromatic carbocycles. The zero-order chi connectivity index (χ0) is 24.3. The second kappa shape index (κ2) is 10.1. The smallest absolute Gasteiger partial charge is 0.255 e. The lowest BCUT2D eigenvalue weighted by atomic mass is 10.1. The molecule has 1 saturated heterocycles. The summed E-state index contributed by atoms with van der Waals surface area (Å²) < 4.78 is 46.3. The third kappa shape index (κ3) is 5.63. The second-order valence-corrected chi connectivity index (χ2v) is 9.94. The number of ether oxygens (including phenoxy) is 1. The molecule has 0 bridgehead atoms. The van der Waals surface area contributed by atoms with Crippen LogP contribution in [-0.2, 0) is 10.0 Å². The number of rotatable bonds is 6. The van der Waals surface area contributed by atoms with Crippen molar-refractivity contribution in [2.45, 2.75) is 24.8 Å². The van der Waals surface area contributed by atoms with Crippen LogP contribution in [0.1, 0.15) is 34.6 Å². The molecule has 178 valence electrons. The summed E-state index contributed by atoms with van der Waals surface area (Å²) in [5.41, 5.74) is 0.391. The summed E-state index contributed by atoms with van der Waals surface area (Å²) in [4.78, 5) is 28.7. The number of carbonyl (C=O) groups is 2. The molecule has 8 nitrogen and oxygen atoms in total. The summed E-state index contributed by atoms with van der Waals surface area (Å²) in [6.45, 7) is 4.41. The van der Waals surface area contributed by atoms with E-state index in [1.165, 1.54) is 37.4 Å². The summed E-state index contributed by atoms with van der Waals surface area (Å²) in [7, 11) is -2.53. The van der Waals surface area contributed by atoms with E-state index in [2.05, 4.69) is 4.72 Å². The number of carbonyl (C=O) groups excluding carboxylic acids is 2. The van der Waals surface area contributed by atoms with Crippen LogP contribution in [0.4, 0.5) is 4.39 Å². The van der Waals surface area contributed by atoms with Gasteiger partial charge in [0.25, 0.3) is 11.8 Å². The molecule has 0 radical (unpaired) electrons. The van der Waals surface area contributed by atoms with Gasteiger partial charge >= 0.3 is 0 Å². The van der Waals surface area contributed by atoms with Gasteiger partial charge in [-0.2, -0.15) is 0 Å². The Morgan fingerprint density at radius 1 is 1.03 bits per heavy atom. The Morgan fingerprint density at radius 2 is 1.64 bits per heavy atom. The maximum Gasteiger partial charge on any atom is 0.255 e. The van der Waals surface area contributed by atoms with Crippen LogP contribution in [0.2, 0.25) is 5.02 Å². The fraction of sp³-hybridized carbons (Fsp3) is 0.364. The van der Waals surface area contributed by atoms with Gasteiger partial charge in [-0.1, -0.05) is 11.6 Å². The van der Waals surface area contributed by atoms with Crippen LogP contribution in [0, 0.1) is 5.82 Å². The molecule has 0 atom stereocenters. The third-order valence-corrected chi connectivity index (χ3v) is 7.10. The number of benzene rings is 2. The van der Waals surface area contributed by atoms with Gasteiger partial charge in [0, 0.05) is 37.8 Å². The van der Waals surface area contributed by atoms with E-state index < -0.39 is 15.8 Å². The fourth-order valence-electron chi connectivity index (χ4n) is 3.52. The molecule has 11 heteroatoms. The van der Waals surface area contributed by atoms with Gasteiger partial charge in [0.05, 0.1) is 17.7 Å². The number of piperazine rings is 1. The number of hydrogen-bond acceptors (Lipinski definition) is 5. The fourth-order valence-corrected chi connectivity index (χ4v) is 5.22. The van der Waals surface area contributed by atoms with Crippen molar-refractivity contribution in [1.29, 1.82) is 0 Å². The number of sulfonamides is 1. The molecule has 0 aromatic heterocycles. The van der Waals surface area contributed by atoms with Crippen LogP contribution in [0.3, 0.4) is 0 Å². The molecular weight excluding hydrogens is 473 g/mol. The summed E-state index contributed by atoms with van der Waals surface area (Å²) in [5, 5.41) is 0.0282. The second-order valence-electron chi connectivity index (χ2n) is 7.85. The van der Waals surface area contributed by atoms with Crippen LogP contribution >= 0.6 is 11.6 Å². The number of amides is 2. The van der Waals surface area contributed by atoms with Crippen molar-refractivity contribution in [1.82, 2.24) is 14.5 Å². The highest BCUT2D eigenvalue weighted by molar-refractivity contribution is 7.89. The van der Waals surface area contributed by atoms with Gasteiger partial charge in [0.2, 0.25) is 10.0 Å². The van der Waals surface area contributed by atoms with E-state index in [1.54, 1.807) is 23.6 Å². The van der Waals surface area contributed by atoms with Crippen molar-refractivity contribution in [3.63, 3.8) is 0 Å².